The Kier molecular flexibility index (Phi) is 4.03. The van der Waals surface area contributed by atoms with E-state index in [2.05, 4.69) is 4.74 Å². The van der Waals surface area contributed by atoms with Crippen molar-refractivity contribution in [3.05, 3.63) is 23.5 Å². The number of halogens is 1. The normalized spacial score (nSPS) is 10.0. The van der Waals surface area contributed by atoms with Crippen molar-refractivity contribution in [3.8, 4) is 5.75 Å². The van der Waals surface area contributed by atoms with Crippen LogP contribution in [0.3, 0.4) is 0 Å². The molecule has 0 heterocycles. The fourth-order valence-electron chi connectivity index (χ4n) is 1.29. The van der Waals surface area contributed by atoms with Crippen LogP contribution in [0.4, 0.5) is 10.1 Å². The van der Waals surface area contributed by atoms with Crippen molar-refractivity contribution in [3.63, 3.8) is 0 Å². The van der Waals surface area contributed by atoms with Crippen LogP contribution < -0.4 is 5.73 Å². The van der Waals surface area contributed by atoms with Crippen LogP contribution in [0.15, 0.2) is 12.1 Å². The van der Waals surface area contributed by atoms with E-state index < -0.39 is 23.3 Å². The molecular weight excluding hydrogens is 229 g/mol. The summed E-state index contributed by atoms with van der Waals surface area (Å²) in [6.45, 7) is 0. The first-order valence-corrected chi connectivity index (χ1v) is 4.83. The average Bonchev–Trinajstić information content (AvgIpc) is 2.30. The smallest absolute Gasteiger partial charge is 0.305 e. The molecule has 0 radical (unpaired) electrons. The van der Waals surface area contributed by atoms with Gasteiger partial charge in [-0.15, -0.1) is 0 Å². The lowest BCUT2D eigenvalue weighted by Gasteiger charge is -2.06. The summed E-state index contributed by atoms with van der Waals surface area (Å²) in [6.07, 6.45) is -0.311. The highest BCUT2D eigenvalue weighted by Crippen LogP contribution is 2.27. The molecule has 0 spiro atoms. The average molecular weight is 241 g/mol. The molecule has 92 valence electrons. The van der Waals surface area contributed by atoms with Gasteiger partial charge in [0.05, 0.1) is 24.8 Å². The van der Waals surface area contributed by atoms with Crippen molar-refractivity contribution in [1.82, 2.24) is 0 Å². The van der Waals surface area contributed by atoms with Gasteiger partial charge >= 0.3 is 5.97 Å². The summed E-state index contributed by atoms with van der Waals surface area (Å²) < 4.78 is 17.4. The molecular formula is C11H12FNO4. The predicted octanol–water partition coefficient (Wildman–Crippen LogP) is 1.25. The van der Waals surface area contributed by atoms with Crippen LogP contribution in [-0.4, -0.2) is 24.0 Å². The molecule has 3 N–H and O–H groups in total. The van der Waals surface area contributed by atoms with Gasteiger partial charge in [0, 0.05) is 12.5 Å². The molecule has 17 heavy (non-hydrogen) atoms. The number of carbonyl (C=O) groups is 2. The fraction of sp³-hybridized carbons (Fsp3) is 0.273. The third-order valence-electron chi connectivity index (χ3n) is 2.19. The number of phenolic OH excluding ortho intramolecular Hbond substituents is 1. The zero-order chi connectivity index (χ0) is 13.0. The first kappa shape index (κ1) is 13.0. The minimum Gasteiger partial charge on any atom is -0.505 e. The first-order chi connectivity index (χ1) is 7.95. The molecule has 0 aliphatic heterocycles. The Hall–Kier alpha value is -2.11. The maximum atomic E-state index is 13.0. The number of aromatic hydroxyl groups is 1. The highest BCUT2D eigenvalue weighted by Gasteiger charge is 2.16. The van der Waals surface area contributed by atoms with E-state index in [-0.39, 0.29) is 24.1 Å². The molecule has 0 bridgehead atoms. The van der Waals surface area contributed by atoms with Gasteiger partial charge in [0.1, 0.15) is 11.6 Å². The van der Waals surface area contributed by atoms with Crippen molar-refractivity contribution in [2.45, 2.75) is 12.8 Å². The van der Waals surface area contributed by atoms with Gasteiger partial charge in [-0.3, -0.25) is 9.59 Å². The quantitative estimate of drug-likeness (QED) is 0.358. The van der Waals surface area contributed by atoms with Gasteiger partial charge in [0.15, 0.2) is 5.78 Å². The highest BCUT2D eigenvalue weighted by atomic mass is 19.1. The number of hydrogen-bond donors (Lipinski definition) is 2. The summed E-state index contributed by atoms with van der Waals surface area (Å²) in [6, 6.07) is 1.79. The van der Waals surface area contributed by atoms with Gasteiger partial charge in [0.25, 0.3) is 0 Å². The Labute approximate surface area is 97.0 Å². The zero-order valence-electron chi connectivity index (χ0n) is 9.20. The van der Waals surface area contributed by atoms with E-state index in [0.29, 0.717) is 0 Å². The third-order valence-corrected chi connectivity index (χ3v) is 2.19. The van der Waals surface area contributed by atoms with Crippen LogP contribution in [0.1, 0.15) is 23.2 Å². The maximum absolute atomic E-state index is 13.0. The molecule has 1 aromatic rings. The van der Waals surface area contributed by atoms with Crippen LogP contribution in [0.5, 0.6) is 5.75 Å². The van der Waals surface area contributed by atoms with Gasteiger partial charge < -0.3 is 15.6 Å². The standard InChI is InChI=1S/C11H12FNO4/c1-17-10(15)3-2-9(14)7-4-6(12)5-8(13)11(7)16/h4-5,16H,2-3,13H2,1H3. The second-order valence-electron chi connectivity index (χ2n) is 3.39. The topological polar surface area (TPSA) is 89.6 Å². The van der Waals surface area contributed by atoms with Crippen molar-refractivity contribution < 1.29 is 23.8 Å². The van der Waals surface area contributed by atoms with Crippen molar-refractivity contribution in [2.75, 3.05) is 12.8 Å². The Balaban J connectivity index is 2.86. The van der Waals surface area contributed by atoms with Crippen molar-refractivity contribution in [1.29, 1.82) is 0 Å². The van der Waals surface area contributed by atoms with Gasteiger partial charge in [-0.05, 0) is 6.07 Å². The maximum Gasteiger partial charge on any atom is 0.305 e. The molecule has 0 fully saturated rings. The molecule has 0 unspecified atom stereocenters. The summed E-state index contributed by atoms with van der Waals surface area (Å²) >= 11 is 0. The van der Waals surface area contributed by atoms with Crippen molar-refractivity contribution >= 4 is 17.4 Å². The number of carbonyl (C=O) groups excluding carboxylic acids is 2. The molecule has 0 saturated heterocycles. The Morgan fingerprint density at radius 3 is 2.65 bits per heavy atom. The second kappa shape index (κ2) is 5.29. The van der Waals surface area contributed by atoms with E-state index in [1.54, 1.807) is 0 Å². The molecule has 1 aromatic carbocycles. The molecule has 1 rings (SSSR count). The molecule has 0 aromatic heterocycles. The van der Waals surface area contributed by atoms with Crippen LogP contribution in [0.25, 0.3) is 0 Å². The Morgan fingerprint density at radius 1 is 1.41 bits per heavy atom. The lowest BCUT2D eigenvalue weighted by Crippen LogP contribution is -2.07. The molecule has 0 saturated carbocycles. The number of esters is 1. The summed E-state index contributed by atoms with van der Waals surface area (Å²) in [5.74, 6) is -2.32. The van der Waals surface area contributed by atoms with Crippen LogP contribution in [0.2, 0.25) is 0 Å². The van der Waals surface area contributed by atoms with E-state index in [9.17, 15) is 19.1 Å². The zero-order valence-corrected chi connectivity index (χ0v) is 9.20. The van der Waals surface area contributed by atoms with Crippen LogP contribution >= 0.6 is 0 Å². The molecule has 0 aliphatic rings. The van der Waals surface area contributed by atoms with Gasteiger partial charge in [-0.1, -0.05) is 0 Å². The predicted molar refractivity (Wildman–Crippen MR) is 58.1 cm³/mol. The van der Waals surface area contributed by atoms with Crippen LogP contribution in [-0.2, 0) is 9.53 Å². The molecule has 6 heteroatoms. The van der Waals surface area contributed by atoms with E-state index in [1.165, 1.54) is 7.11 Å². The first-order valence-electron chi connectivity index (χ1n) is 4.83. The minimum atomic E-state index is -0.721. The lowest BCUT2D eigenvalue weighted by atomic mass is 10.0. The molecule has 0 aliphatic carbocycles. The fourth-order valence-corrected chi connectivity index (χ4v) is 1.29. The van der Waals surface area contributed by atoms with Crippen LogP contribution in [0, 0.1) is 5.82 Å². The monoisotopic (exact) mass is 241 g/mol. The number of rotatable bonds is 4. The number of ketones is 1. The number of nitrogen functional groups attached to an aromatic ring is 1. The molecule has 0 amide bonds. The number of ether oxygens (including phenoxy) is 1. The summed E-state index contributed by atoms with van der Waals surface area (Å²) in [5.41, 5.74) is 4.86. The van der Waals surface area contributed by atoms with Gasteiger partial charge in [-0.25, -0.2) is 4.39 Å². The number of Topliss-reactive ketones (excluding diaryl/α,β-unsaturated/α-hetero) is 1. The van der Waals surface area contributed by atoms with Crippen molar-refractivity contribution in [2.24, 2.45) is 0 Å². The molecule has 0 atom stereocenters. The molecule has 5 nitrogen and oxygen atoms in total. The van der Waals surface area contributed by atoms with E-state index in [0.717, 1.165) is 12.1 Å². The van der Waals surface area contributed by atoms with E-state index >= 15 is 0 Å². The SMILES string of the molecule is COC(=O)CCC(=O)c1cc(F)cc(N)c1O. The Morgan fingerprint density at radius 2 is 2.06 bits per heavy atom. The highest BCUT2D eigenvalue weighted by molar-refractivity contribution is 6.01. The summed E-state index contributed by atoms with van der Waals surface area (Å²) in [4.78, 5) is 22.4. The Bertz CT molecular complexity index is 459. The minimum absolute atomic E-state index is 0.134. The number of benzene rings is 1. The van der Waals surface area contributed by atoms with E-state index in [1.807, 2.05) is 0 Å². The number of anilines is 1. The van der Waals surface area contributed by atoms with E-state index in [4.69, 9.17) is 5.73 Å². The summed E-state index contributed by atoms with van der Waals surface area (Å²) in [7, 11) is 1.20. The second-order valence-corrected chi connectivity index (χ2v) is 3.39. The third kappa shape index (κ3) is 3.17. The van der Waals surface area contributed by atoms with Gasteiger partial charge in [-0.2, -0.15) is 0 Å². The number of methoxy groups -OCH3 is 1. The number of hydrogen-bond acceptors (Lipinski definition) is 5. The number of phenols is 1. The summed E-state index contributed by atoms with van der Waals surface area (Å²) in [5, 5.41) is 9.49. The van der Waals surface area contributed by atoms with Gasteiger partial charge in [0.2, 0.25) is 0 Å². The largest absolute Gasteiger partial charge is 0.505 e. The lowest BCUT2D eigenvalue weighted by molar-refractivity contribution is -0.140. The number of nitrogens with two attached hydrogens (primary N) is 1.